The summed E-state index contributed by atoms with van der Waals surface area (Å²) in [5.74, 6) is -0.273. The summed E-state index contributed by atoms with van der Waals surface area (Å²) in [6, 6.07) is 0.374. The van der Waals surface area contributed by atoms with Crippen LogP contribution in [0.2, 0.25) is 0 Å². The Morgan fingerprint density at radius 3 is 2.43 bits per heavy atom. The molecule has 1 unspecified atom stereocenters. The molecule has 1 heterocycles. The zero-order chi connectivity index (χ0) is 15.5. The quantitative estimate of drug-likeness (QED) is 0.633. The third-order valence-electron chi connectivity index (χ3n) is 4.41. The third-order valence-corrected chi connectivity index (χ3v) is 6.02. The minimum absolute atomic E-state index is 0.253. The fourth-order valence-electron chi connectivity index (χ4n) is 2.71. The van der Waals surface area contributed by atoms with Crippen molar-refractivity contribution < 1.29 is 18.3 Å². The number of hydrogen-bond acceptors (Lipinski definition) is 5. The monoisotopic (exact) mass is 318 g/mol. The van der Waals surface area contributed by atoms with Crippen molar-refractivity contribution in [1.82, 2.24) is 10.2 Å². The Morgan fingerprint density at radius 1 is 1.29 bits per heavy atom. The van der Waals surface area contributed by atoms with Crippen molar-refractivity contribution in [1.29, 1.82) is 0 Å². The number of nitrogens with zero attached hydrogens (tertiary/aromatic N) is 1. The highest BCUT2D eigenvalue weighted by Gasteiger charge is 2.37. The molecule has 0 bridgehead atoms. The van der Waals surface area contributed by atoms with Crippen LogP contribution in [0.5, 0.6) is 0 Å². The standard InChI is InChI=1S/C14H26N2O4S/c1-14(13(17)18,15-12-4-5-12)6-2-3-7-16-8-10-21(19,20)11-9-16/h12,15H,2-11H2,1H3,(H,17,18). The van der Waals surface area contributed by atoms with Crippen LogP contribution in [0.3, 0.4) is 0 Å². The van der Waals surface area contributed by atoms with Gasteiger partial charge in [-0.2, -0.15) is 0 Å². The van der Waals surface area contributed by atoms with Crippen LogP contribution >= 0.6 is 0 Å². The van der Waals surface area contributed by atoms with Gasteiger partial charge in [-0.1, -0.05) is 0 Å². The number of unbranched alkanes of at least 4 members (excludes halogenated alkanes) is 1. The van der Waals surface area contributed by atoms with Crippen LogP contribution < -0.4 is 5.32 Å². The molecule has 0 aromatic rings. The lowest BCUT2D eigenvalue weighted by Crippen LogP contribution is -2.50. The maximum Gasteiger partial charge on any atom is 0.323 e. The predicted octanol–water partition coefficient (Wildman–Crippen LogP) is 0.482. The molecule has 0 aromatic carbocycles. The largest absolute Gasteiger partial charge is 0.480 e. The van der Waals surface area contributed by atoms with E-state index in [1.165, 1.54) is 0 Å². The smallest absolute Gasteiger partial charge is 0.323 e. The summed E-state index contributed by atoms with van der Waals surface area (Å²) in [4.78, 5) is 13.6. The molecule has 2 rings (SSSR count). The van der Waals surface area contributed by atoms with Crippen LogP contribution in [0.4, 0.5) is 0 Å². The highest BCUT2D eigenvalue weighted by Crippen LogP contribution is 2.25. The van der Waals surface area contributed by atoms with E-state index in [1.807, 2.05) is 0 Å². The van der Waals surface area contributed by atoms with Gasteiger partial charge in [-0.25, -0.2) is 8.42 Å². The van der Waals surface area contributed by atoms with Crippen molar-refractivity contribution in [3.63, 3.8) is 0 Å². The van der Waals surface area contributed by atoms with E-state index in [4.69, 9.17) is 0 Å². The normalized spacial score (nSPS) is 25.4. The summed E-state index contributed by atoms with van der Waals surface area (Å²) in [7, 11) is -2.82. The number of sulfone groups is 1. The van der Waals surface area contributed by atoms with Crippen molar-refractivity contribution in [2.24, 2.45) is 0 Å². The Bertz CT molecular complexity index is 461. The Hall–Kier alpha value is -0.660. The Balaban J connectivity index is 1.67. The summed E-state index contributed by atoms with van der Waals surface area (Å²) in [6.45, 7) is 3.84. The van der Waals surface area contributed by atoms with Gasteiger partial charge in [0.05, 0.1) is 11.5 Å². The van der Waals surface area contributed by atoms with E-state index in [0.717, 1.165) is 32.2 Å². The molecule has 21 heavy (non-hydrogen) atoms. The van der Waals surface area contributed by atoms with Gasteiger partial charge in [0.15, 0.2) is 9.84 Å². The van der Waals surface area contributed by atoms with Gasteiger partial charge >= 0.3 is 5.97 Å². The number of aliphatic carboxylic acids is 1. The second-order valence-electron chi connectivity index (χ2n) is 6.51. The third kappa shape index (κ3) is 5.23. The second kappa shape index (κ2) is 6.62. The van der Waals surface area contributed by atoms with E-state index in [-0.39, 0.29) is 11.5 Å². The fraction of sp³-hybridized carbons (Fsp3) is 0.929. The average molecular weight is 318 g/mol. The van der Waals surface area contributed by atoms with Crippen LogP contribution in [0.25, 0.3) is 0 Å². The van der Waals surface area contributed by atoms with Gasteiger partial charge in [-0.15, -0.1) is 0 Å². The summed E-state index contributed by atoms with van der Waals surface area (Å²) in [6.07, 6.45) is 4.52. The molecular weight excluding hydrogens is 292 g/mol. The molecule has 1 aliphatic carbocycles. The predicted molar refractivity (Wildman–Crippen MR) is 81.1 cm³/mol. The number of carboxylic acids is 1. The molecule has 1 saturated heterocycles. The fourth-order valence-corrected chi connectivity index (χ4v) is 3.98. The first kappa shape index (κ1) is 16.7. The summed E-state index contributed by atoms with van der Waals surface area (Å²) < 4.78 is 22.7. The maximum atomic E-state index is 11.4. The minimum Gasteiger partial charge on any atom is -0.480 e. The highest BCUT2D eigenvalue weighted by molar-refractivity contribution is 7.91. The molecule has 0 spiro atoms. The number of carbonyl (C=O) groups is 1. The van der Waals surface area contributed by atoms with Gasteiger partial charge < -0.3 is 10.0 Å². The van der Waals surface area contributed by atoms with Gasteiger partial charge in [-0.05, 0) is 45.6 Å². The van der Waals surface area contributed by atoms with Crippen LogP contribution in [-0.2, 0) is 14.6 Å². The molecule has 0 amide bonds. The summed E-state index contributed by atoms with van der Waals surface area (Å²) in [5.41, 5.74) is -0.827. The van der Waals surface area contributed by atoms with Gasteiger partial charge in [0.2, 0.25) is 0 Å². The van der Waals surface area contributed by atoms with E-state index in [2.05, 4.69) is 10.2 Å². The zero-order valence-electron chi connectivity index (χ0n) is 12.7. The molecule has 2 N–H and O–H groups in total. The lowest BCUT2D eigenvalue weighted by Gasteiger charge is -2.28. The molecule has 1 atom stereocenters. The average Bonchev–Trinajstić information content (AvgIpc) is 3.20. The topological polar surface area (TPSA) is 86.7 Å². The number of hydrogen-bond donors (Lipinski definition) is 2. The number of nitrogens with one attached hydrogen (secondary N) is 1. The van der Waals surface area contributed by atoms with Gasteiger partial charge in [0.25, 0.3) is 0 Å². The number of rotatable bonds is 8. The van der Waals surface area contributed by atoms with Crippen molar-refractivity contribution in [3.8, 4) is 0 Å². The molecule has 122 valence electrons. The minimum atomic E-state index is -2.82. The molecule has 0 aromatic heterocycles. The van der Waals surface area contributed by atoms with Crippen molar-refractivity contribution in [2.45, 2.75) is 50.6 Å². The van der Waals surface area contributed by atoms with Crippen LogP contribution in [0.15, 0.2) is 0 Å². The zero-order valence-corrected chi connectivity index (χ0v) is 13.5. The van der Waals surface area contributed by atoms with Gasteiger partial charge in [-0.3, -0.25) is 10.1 Å². The Labute approximate surface area is 126 Å². The lowest BCUT2D eigenvalue weighted by atomic mass is 9.94. The first-order valence-corrected chi connectivity index (χ1v) is 9.57. The highest BCUT2D eigenvalue weighted by atomic mass is 32.2. The number of carboxylic acid groups (broad SMARTS) is 1. The molecule has 7 heteroatoms. The molecule has 6 nitrogen and oxygen atoms in total. The van der Waals surface area contributed by atoms with E-state index in [9.17, 15) is 18.3 Å². The first-order valence-electron chi connectivity index (χ1n) is 7.75. The van der Waals surface area contributed by atoms with E-state index >= 15 is 0 Å². The lowest BCUT2D eigenvalue weighted by molar-refractivity contribution is -0.144. The Kier molecular flexibility index (Phi) is 5.27. The summed E-state index contributed by atoms with van der Waals surface area (Å²) in [5, 5.41) is 12.6. The van der Waals surface area contributed by atoms with Crippen LogP contribution in [0, 0.1) is 0 Å². The van der Waals surface area contributed by atoms with E-state index < -0.39 is 21.3 Å². The van der Waals surface area contributed by atoms with Gasteiger partial charge in [0, 0.05) is 19.1 Å². The van der Waals surface area contributed by atoms with Crippen molar-refractivity contribution in [3.05, 3.63) is 0 Å². The van der Waals surface area contributed by atoms with E-state index in [0.29, 0.717) is 25.6 Å². The van der Waals surface area contributed by atoms with Crippen LogP contribution in [-0.4, -0.2) is 67.1 Å². The second-order valence-corrected chi connectivity index (χ2v) is 8.81. The van der Waals surface area contributed by atoms with E-state index in [1.54, 1.807) is 6.92 Å². The molecule has 2 fully saturated rings. The SMILES string of the molecule is CC(CCCCN1CCS(=O)(=O)CC1)(NC1CC1)C(=O)O. The van der Waals surface area contributed by atoms with Crippen LogP contribution in [0.1, 0.15) is 39.0 Å². The Morgan fingerprint density at radius 2 is 1.90 bits per heavy atom. The molecular formula is C14H26N2O4S. The van der Waals surface area contributed by atoms with Crippen molar-refractivity contribution >= 4 is 15.8 Å². The van der Waals surface area contributed by atoms with Crippen molar-refractivity contribution in [2.75, 3.05) is 31.1 Å². The molecule has 1 aliphatic heterocycles. The maximum absolute atomic E-state index is 11.4. The molecule has 1 saturated carbocycles. The first-order chi connectivity index (χ1) is 9.81. The summed E-state index contributed by atoms with van der Waals surface area (Å²) >= 11 is 0. The molecule has 2 aliphatic rings. The molecule has 0 radical (unpaired) electrons. The van der Waals surface area contributed by atoms with Gasteiger partial charge in [0.1, 0.15) is 5.54 Å².